The minimum Gasteiger partial charge on any atom is -0.772 e. The molecular weight excluding hydrogens is 374 g/mol. The molecule has 2 heterocycles. The molecular formula is C22H16NO4S-. The topological polar surface area (TPSA) is 79.3 Å². The van der Waals surface area contributed by atoms with E-state index in [4.69, 9.17) is 4.74 Å². The molecule has 0 fully saturated rings. The van der Waals surface area contributed by atoms with Crippen LogP contribution in [0.2, 0.25) is 0 Å². The quantitative estimate of drug-likeness (QED) is 0.490. The molecule has 0 N–H and O–H groups in total. The number of carbonyl (C=O) groups excluding carboxylic acids is 1. The van der Waals surface area contributed by atoms with Crippen LogP contribution < -0.4 is 4.74 Å². The Labute approximate surface area is 165 Å². The molecule has 6 heteroatoms. The number of fused-ring (bicyclic) bond motifs is 1. The third-order valence-corrected chi connectivity index (χ3v) is 5.22. The van der Waals surface area contributed by atoms with Crippen LogP contribution in [-0.4, -0.2) is 20.0 Å². The number of carbonyl (C=O) groups is 1. The molecule has 140 valence electrons. The van der Waals surface area contributed by atoms with Gasteiger partial charge in [-0.05, 0) is 29.3 Å². The summed E-state index contributed by atoms with van der Waals surface area (Å²) in [5.74, 6) is 0.696. The molecule has 0 spiro atoms. The third kappa shape index (κ3) is 3.52. The lowest BCUT2D eigenvalue weighted by molar-refractivity contribution is -0.108. The summed E-state index contributed by atoms with van der Waals surface area (Å²) in [6.45, 7) is 0. The molecule has 0 bridgehead atoms. The standard InChI is InChI=1S/C22H17NO4S/c24-13-19-18-3-1-2-4-20(18)27-22(21(19)16-9-11-23-12-10-16)17-7-5-15(6-8-17)14-28(25)26/h1-13,19H,14H2,(H,25,26)/p-1. The lowest BCUT2D eigenvalue weighted by Gasteiger charge is -2.28. The summed E-state index contributed by atoms with van der Waals surface area (Å²) in [6, 6.07) is 18.3. The Morgan fingerprint density at radius 3 is 2.39 bits per heavy atom. The van der Waals surface area contributed by atoms with Crippen molar-refractivity contribution < 1.29 is 18.3 Å². The smallest absolute Gasteiger partial charge is 0.139 e. The zero-order valence-electron chi connectivity index (χ0n) is 14.8. The summed E-state index contributed by atoms with van der Waals surface area (Å²) in [5, 5.41) is 0. The number of aromatic nitrogens is 1. The molecule has 2 atom stereocenters. The number of pyridine rings is 1. The molecule has 0 aliphatic carbocycles. The first-order valence-electron chi connectivity index (χ1n) is 8.69. The predicted molar refractivity (Wildman–Crippen MR) is 106 cm³/mol. The highest BCUT2D eigenvalue weighted by Crippen LogP contribution is 2.45. The van der Waals surface area contributed by atoms with Crippen molar-refractivity contribution in [1.82, 2.24) is 4.98 Å². The van der Waals surface area contributed by atoms with Gasteiger partial charge in [0.15, 0.2) is 0 Å². The highest BCUT2D eigenvalue weighted by atomic mass is 32.2. The first-order chi connectivity index (χ1) is 13.7. The summed E-state index contributed by atoms with van der Waals surface area (Å²) in [6.07, 6.45) is 4.27. The normalized spacial score (nSPS) is 16.8. The molecule has 1 aliphatic heterocycles. The molecule has 4 rings (SSSR count). The van der Waals surface area contributed by atoms with Crippen LogP contribution in [-0.2, 0) is 21.6 Å². The van der Waals surface area contributed by atoms with E-state index >= 15 is 0 Å². The SMILES string of the molecule is O=CC1C(c2ccncc2)=C(c2ccc(CS(=O)[O-])cc2)Oc2ccccc21. The molecule has 0 radical (unpaired) electrons. The number of ether oxygens (including phenoxy) is 1. The van der Waals surface area contributed by atoms with E-state index in [0.717, 1.165) is 28.5 Å². The van der Waals surface area contributed by atoms with Gasteiger partial charge in [-0.1, -0.05) is 53.5 Å². The summed E-state index contributed by atoms with van der Waals surface area (Å²) in [5.41, 5.74) is 3.88. The van der Waals surface area contributed by atoms with E-state index in [1.165, 1.54) is 0 Å². The van der Waals surface area contributed by atoms with Crippen molar-refractivity contribution in [3.8, 4) is 5.75 Å². The van der Waals surface area contributed by atoms with Crippen LogP contribution in [0.5, 0.6) is 5.75 Å². The number of hydrogen-bond donors (Lipinski definition) is 0. The molecule has 28 heavy (non-hydrogen) atoms. The Hall–Kier alpha value is -3.09. The lowest BCUT2D eigenvalue weighted by Crippen LogP contribution is -2.15. The average molecular weight is 390 g/mol. The second-order valence-corrected chi connectivity index (χ2v) is 7.27. The maximum Gasteiger partial charge on any atom is 0.139 e. The first kappa shape index (κ1) is 18.3. The Morgan fingerprint density at radius 2 is 1.71 bits per heavy atom. The number of allylic oxidation sites excluding steroid dienone is 1. The van der Waals surface area contributed by atoms with Crippen LogP contribution in [0.15, 0.2) is 73.1 Å². The molecule has 1 aromatic heterocycles. The molecule has 5 nitrogen and oxygen atoms in total. The molecule has 0 saturated carbocycles. The van der Waals surface area contributed by atoms with Gasteiger partial charge in [0, 0.05) is 34.8 Å². The monoisotopic (exact) mass is 390 g/mol. The average Bonchev–Trinajstić information content (AvgIpc) is 2.73. The highest BCUT2D eigenvalue weighted by Gasteiger charge is 2.31. The summed E-state index contributed by atoms with van der Waals surface area (Å²) in [4.78, 5) is 16.1. The first-order valence-corrected chi connectivity index (χ1v) is 9.93. The van der Waals surface area contributed by atoms with E-state index in [2.05, 4.69) is 4.98 Å². The minimum atomic E-state index is -2.15. The zero-order valence-corrected chi connectivity index (χ0v) is 15.6. The maximum atomic E-state index is 12.1. The summed E-state index contributed by atoms with van der Waals surface area (Å²) < 4.78 is 28.1. The number of rotatable bonds is 5. The van der Waals surface area contributed by atoms with Crippen LogP contribution in [0, 0.1) is 0 Å². The summed E-state index contributed by atoms with van der Waals surface area (Å²) in [7, 11) is 0. The fraction of sp³-hybridized carbons (Fsp3) is 0.0909. The van der Waals surface area contributed by atoms with Crippen LogP contribution >= 0.6 is 0 Å². The van der Waals surface area contributed by atoms with Crippen molar-refractivity contribution in [2.75, 3.05) is 0 Å². The Kier molecular flexibility index (Phi) is 5.14. The van der Waals surface area contributed by atoms with Crippen LogP contribution in [0.4, 0.5) is 0 Å². The van der Waals surface area contributed by atoms with E-state index < -0.39 is 17.0 Å². The van der Waals surface area contributed by atoms with Crippen molar-refractivity contribution in [3.05, 3.63) is 95.3 Å². The third-order valence-electron chi connectivity index (χ3n) is 4.65. The van der Waals surface area contributed by atoms with E-state index in [0.29, 0.717) is 17.1 Å². The molecule has 3 aromatic rings. The fourth-order valence-electron chi connectivity index (χ4n) is 3.38. The van der Waals surface area contributed by atoms with Crippen LogP contribution in [0.1, 0.15) is 28.2 Å². The molecule has 0 saturated heterocycles. The predicted octanol–water partition coefficient (Wildman–Crippen LogP) is 3.70. The van der Waals surface area contributed by atoms with Gasteiger partial charge in [-0.25, -0.2) is 0 Å². The van der Waals surface area contributed by atoms with E-state index in [1.807, 2.05) is 48.5 Å². The second-order valence-electron chi connectivity index (χ2n) is 6.38. The van der Waals surface area contributed by atoms with Gasteiger partial charge in [0.1, 0.15) is 17.8 Å². The van der Waals surface area contributed by atoms with Crippen molar-refractivity contribution in [2.45, 2.75) is 11.7 Å². The second kappa shape index (κ2) is 7.88. The van der Waals surface area contributed by atoms with Crippen LogP contribution in [0.3, 0.4) is 0 Å². The molecule has 2 unspecified atom stereocenters. The van der Waals surface area contributed by atoms with Gasteiger partial charge < -0.3 is 14.1 Å². The van der Waals surface area contributed by atoms with Crippen molar-refractivity contribution >= 4 is 28.7 Å². The Bertz CT molecular complexity index is 1060. The van der Waals surface area contributed by atoms with Gasteiger partial charge in [0.25, 0.3) is 0 Å². The number of para-hydroxylation sites is 1. The van der Waals surface area contributed by atoms with E-state index in [-0.39, 0.29) is 5.75 Å². The van der Waals surface area contributed by atoms with Gasteiger partial charge in [-0.3, -0.25) is 9.19 Å². The maximum absolute atomic E-state index is 12.1. The van der Waals surface area contributed by atoms with Gasteiger partial charge in [-0.2, -0.15) is 0 Å². The van der Waals surface area contributed by atoms with E-state index in [1.54, 1.807) is 24.5 Å². The highest BCUT2D eigenvalue weighted by molar-refractivity contribution is 7.78. The minimum absolute atomic E-state index is 0.0445. The number of hydrogen-bond acceptors (Lipinski definition) is 5. The molecule has 0 amide bonds. The fourth-order valence-corrected chi connectivity index (χ4v) is 3.84. The zero-order chi connectivity index (χ0) is 19.5. The van der Waals surface area contributed by atoms with Gasteiger partial charge in [0.2, 0.25) is 0 Å². The number of benzene rings is 2. The van der Waals surface area contributed by atoms with Crippen LogP contribution in [0.25, 0.3) is 11.3 Å². The van der Waals surface area contributed by atoms with Gasteiger partial charge in [0.05, 0.1) is 5.92 Å². The Balaban J connectivity index is 1.88. The van der Waals surface area contributed by atoms with Crippen molar-refractivity contribution in [3.63, 3.8) is 0 Å². The lowest BCUT2D eigenvalue weighted by atomic mass is 9.83. The van der Waals surface area contributed by atoms with Crippen molar-refractivity contribution in [1.29, 1.82) is 0 Å². The largest absolute Gasteiger partial charge is 0.772 e. The summed E-state index contributed by atoms with van der Waals surface area (Å²) >= 11 is -2.15. The van der Waals surface area contributed by atoms with Gasteiger partial charge in [-0.15, -0.1) is 0 Å². The van der Waals surface area contributed by atoms with E-state index in [9.17, 15) is 13.6 Å². The number of nitrogens with zero attached hydrogens (tertiary/aromatic N) is 1. The molecule has 1 aliphatic rings. The Morgan fingerprint density at radius 1 is 1.00 bits per heavy atom. The number of aldehydes is 1. The molecule has 2 aromatic carbocycles. The van der Waals surface area contributed by atoms with Gasteiger partial charge >= 0.3 is 0 Å². The van der Waals surface area contributed by atoms with Crippen molar-refractivity contribution in [2.24, 2.45) is 0 Å².